The molecule has 0 atom stereocenters. The van der Waals surface area contributed by atoms with E-state index in [4.69, 9.17) is 9.57 Å². The minimum atomic E-state index is -0.152. The van der Waals surface area contributed by atoms with Gasteiger partial charge in [-0.3, -0.25) is 14.4 Å². The predicted octanol–water partition coefficient (Wildman–Crippen LogP) is 5.74. The van der Waals surface area contributed by atoms with Crippen LogP contribution in [0.1, 0.15) is 47.2 Å². The van der Waals surface area contributed by atoms with Crippen LogP contribution in [-0.2, 0) is 22.7 Å². The van der Waals surface area contributed by atoms with Crippen LogP contribution in [0.5, 0.6) is 11.5 Å². The highest BCUT2D eigenvalue weighted by atomic mass is 16.7. The predicted molar refractivity (Wildman–Crippen MR) is 127 cm³/mol. The number of unbranched alkanes of at least 4 members (excludes halogenated alkanes) is 3. The van der Waals surface area contributed by atoms with E-state index in [2.05, 4.69) is 5.32 Å². The largest absolute Gasteiger partial charge is 0.454 e. The summed E-state index contributed by atoms with van der Waals surface area (Å²) in [5, 5.41) is 4.39. The van der Waals surface area contributed by atoms with Gasteiger partial charge in [-0.15, -0.1) is 0 Å². The second-order valence-electron chi connectivity index (χ2n) is 8.01. The molecule has 0 fully saturated rings. The Labute approximate surface area is 194 Å². The molecule has 0 bridgehead atoms. The molecule has 4 rings (SSSR count). The van der Waals surface area contributed by atoms with Gasteiger partial charge in [-0.25, -0.2) is 5.06 Å². The molecule has 0 spiro atoms. The Balaban J connectivity index is 1.23. The summed E-state index contributed by atoms with van der Waals surface area (Å²) in [6, 6.07) is 22.9. The number of carbonyl (C=O) groups excluding carboxylic acids is 2. The summed E-state index contributed by atoms with van der Waals surface area (Å²) in [6.07, 6.45) is 5.43. The van der Waals surface area contributed by atoms with Crippen molar-refractivity contribution in [1.29, 1.82) is 0 Å². The molecular weight excluding hydrogens is 416 g/mol. The van der Waals surface area contributed by atoms with Crippen LogP contribution >= 0.6 is 0 Å². The van der Waals surface area contributed by atoms with Crippen molar-refractivity contribution >= 4 is 18.0 Å². The van der Waals surface area contributed by atoms with Crippen molar-refractivity contribution in [3.63, 3.8) is 0 Å². The summed E-state index contributed by atoms with van der Waals surface area (Å²) in [5.74, 6) is 1.09. The number of nitrogens with one attached hydrogen (secondary N) is 1. The number of nitrogens with zero attached hydrogens (tertiary/aromatic N) is 1. The summed E-state index contributed by atoms with van der Waals surface area (Å²) < 4.78 is 6.02. The highest BCUT2D eigenvalue weighted by Crippen LogP contribution is 2.38. The zero-order valence-corrected chi connectivity index (χ0v) is 18.5. The normalized spacial score (nSPS) is 12.1. The Bertz CT molecular complexity index is 1080. The van der Waals surface area contributed by atoms with Gasteiger partial charge in [0, 0.05) is 6.54 Å². The van der Waals surface area contributed by atoms with Gasteiger partial charge in [0.1, 0.15) is 12.4 Å². The summed E-state index contributed by atoms with van der Waals surface area (Å²) in [7, 11) is 0. The minimum Gasteiger partial charge on any atom is -0.454 e. The molecule has 33 heavy (non-hydrogen) atoms. The number of fused-ring (bicyclic) bond motifs is 2. The third kappa shape index (κ3) is 5.99. The molecule has 3 aromatic rings. The zero-order chi connectivity index (χ0) is 22.9. The van der Waals surface area contributed by atoms with Crippen molar-refractivity contribution in [3.05, 3.63) is 89.5 Å². The number of benzene rings is 3. The van der Waals surface area contributed by atoms with Gasteiger partial charge >= 0.3 is 0 Å². The number of aryl methyl sites for hydroxylation is 1. The van der Waals surface area contributed by atoms with Crippen LogP contribution in [0.25, 0.3) is 0 Å². The van der Waals surface area contributed by atoms with Crippen LogP contribution in [0.3, 0.4) is 0 Å². The highest BCUT2D eigenvalue weighted by molar-refractivity contribution is 6.08. The smallest absolute Gasteiger partial charge is 0.259 e. The Hall–Kier alpha value is -3.64. The van der Waals surface area contributed by atoms with Crippen molar-refractivity contribution in [3.8, 4) is 11.5 Å². The number of rotatable bonds is 11. The van der Waals surface area contributed by atoms with E-state index in [9.17, 15) is 9.59 Å². The van der Waals surface area contributed by atoms with Gasteiger partial charge in [-0.05, 0) is 48.6 Å². The van der Waals surface area contributed by atoms with Crippen LogP contribution in [0.4, 0.5) is 5.69 Å². The number of carbonyl (C=O) groups is 2. The summed E-state index contributed by atoms with van der Waals surface area (Å²) in [4.78, 5) is 29.5. The minimum absolute atomic E-state index is 0.152. The Morgan fingerprint density at radius 1 is 0.848 bits per heavy atom. The number of anilines is 1. The molecule has 0 unspecified atom stereocenters. The molecule has 0 radical (unpaired) electrons. The van der Waals surface area contributed by atoms with E-state index in [0.29, 0.717) is 30.2 Å². The molecule has 1 aliphatic rings. The van der Waals surface area contributed by atoms with Crippen LogP contribution in [0.2, 0.25) is 0 Å². The second-order valence-corrected chi connectivity index (χ2v) is 8.01. The summed E-state index contributed by atoms with van der Waals surface area (Å²) in [5.41, 5.74) is 3.38. The summed E-state index contributed by atoms with van der Waals surface area (Å²) in [6.45, 7) is 0.954. The number of hydrogen-bond acceptors (Lipinski definition) is 4. The molecular formula is C27H28N2O4. The maximum atomic E-state index is 12.6. The lowest BCUT2D eigenvalue weighted by Crippen LogP contribution is -2.23. The van der Waals surface area contributed by atoms with Gasteiger partial charge in [0.15, 0.2) is 5.75 Å². The summed E-state index contributed by atoms with van der Waals surface area (Å²) >= 11 is 0. The van der Waals surface area contributed by atoms with Gasteiger partial charge in [0.05, 0.1) is 11.3 Å². The zero-order valence-electron chi connectivity index (χ0n) is 18.5. The first-order chi connectivity index (χ1) is 16.2. The monoisotopic (exact) mass is 444 g/mol. The standard InChI is InChI=1S/C27H28N2O4/c30-20-29(32-19-21-11-4-3-5-12-21)18-9-2-1-6-13-22-14-10-17-25-26(22)28-27(31)23-15-7-8-16-24(23)33-25/h3-5,7-8,10-12,14-17,20H,1-2,6,9,13,18-19H2,(H,28,31). The lowest BCUT2D eigenvalue weighted by atomic mass is 10.0. The fourth-order valence-corrected chi connectivity index (χ4v) is 3.87. The van der Waals surface area contributed by atoms with Gasteiger partial charge in [0.25, 0.3) is 5.91 Å². The lowest BCUT2D eigenvalue weighted by Gasteiger charge is -2.17. The average molecular weight is 445 g/mol. The molecule has 1 heterocycles. The first-order valence-corrected chi connectivity index (χ1v) is 11.3. The fourth-order valence-electron chi connectivity index (χ4n) is 3.87. The topological polar surface area (TPSA) is 67.9 Å². The molecule has 1 N–H and O–H groups in total. The van der Waals surface area contributed by atoms with Crippen molar-refractivity contribution in [2.24, 2.45) is 0 Å². The third-order valence-electron chi connectivity index (χ3n) is 5.63. The number of amides is 2. The number of para-hydroxylation sites is 2. The SMILES string of the molecule is O=CN(CCCCCCc1cccc2c1NC(=O)c1ccccc1O2)OCc1ccccc1. The van der Waals surface area contributed by atoms with E-state index in [1.807, 2.05) is 66.7 Å². The fraction of sp³-hybridized carbons (Fsp3) is 0.259. The maximum Gasteiger partial charge on any atom is 0.259 e. The molecule has 3 aromatic carbocycles. The molecule has 1 aliphatic heterocycles. The molecule has 0 saturated carbocycles. The van der Waals surface area contributed by atoms with Crippen LogP contribution in [0, 0.1) is 0 Å². The number of ether oxygens (including phenoxy) is 1. The number of hydrogen-bond donors (Lipinski definition) is 1. The lowest BCUT2D eigenvalue weighted by molar-refractivity contribution is -0.177. The Morgan fingerprint density at radius 3 is 2.45 bits per heavy atom. The molecule has 0 aromatic heterocycles. The van der Waals surface area contributed by atoms with E-state index in [0.717, 1.165) is 55.3 Å². The van der Waals surface area contributed by atoms with Crippen molar-refractivity contribution in [1.82, 2.24) is 5.06 Å². The van der Waals surface area contributed by atoms with E-state index in [1.165, 1.54) is 5.06 Å². The molecule has 0 saturated heterocycles. The van der Waals surface area contributed by atoms with Crippen LogP contribution in [-0.4, -0.2) is 23.9 Å². The molecule has 6 nitrogen and oxygen atoms in total. The van der Waals surface area contributed by atoms with E-state index >= 15 is 0 Å². The average Bonchev–Trinajstić information content (AvgIpc) is 3.00. The van der Waals surface area contributed by atoms with Gasteiger partial charge in [0.2, 0.25) is 6.41 Å². The number of hydroxylamine groups is 2. The molecule has 0 aliphatic carbocycles. The first-order valence-electron chi connectivity index (χ1n) is 11.3. The van der Waals surface area contributed by atoms with Gasteiger partial charge < -0.3 is 10.1 Å². The van der Waals surface area contributed by atoms with Crippen LogP contribution in [0.15, 0.2) is 72.8 Å². The second kappa shape index (κ2) is 11.3. The Morgan fingerprint density at radius 2 is 1.61 bits per heavy atom. The van der Waals surface area contributed by atoms with Crippen molar-refractivity contribution in [2.75, 3.05) is 11.9 Å². The quantitative estimate of drug-likeness (QED) is 0.233. The molecule has 6 heteroatoms. The maximum absolute atomic E-state index is 12.6. The van der Waals surface area contributed by atoms with Crippen molar-refractivity contribution in [2.45, 2.75) is 38.7 Å². The van der Waals surface area contributed by atoms with Gasteiger partial charge in [-0.2, -0.15) is 0 Å². The van der Waals surface area contributed by atoms with E-state index in [1.54, 1.807) is 6.07 Å². The van der Waals surface area contributed by atoms with Crippen LogP contribution < -0.4 is 10.1 Å². The first kappa shape index (κ1) is 22.6. The van der Waals surface area contributed by atoms with Gasteiger partial charge in [-0.1, -0.05) is 67.4 Å². The van der Waals surface area contributed by atoms with Crippen molar-refractivity contribution < 1.29 is 19.2 Å². The molecule has 2 amide bonds. The van der Waals surface area contributed by atoms with E-state index < -0.39 is 0 Å². The van der Waals surface area contributed by atoms with E-state index in [-0.39, 0.29) is 5.91 Å². The highest BCUT2D eigenvalue weighted by Gasteiger charge is 2.22. The third-order valence-corrected chi connectivity index (χ3v) is 5.63. The Kier molecular flexibility index (Phi) is 7.72. The molecule has 170 valence electrons.